The molecule has 3 aromatic rings. The van der Waals surface area contributed by atoms with Crippen molar-refractivity contribution < 1.29 is 23.0 Å². The first-order valence-corrected chi connectivity index (χ1v) is 9.81. The molecule has 0 aliphatic rings. The van der Waals surface area contributed by atoms with Gasteiger partial charge in [0.2, 0.25) is 0 Å². The Morgan fingerprint density at radius 1 is 1.03 bits per heavy atom. The second-order valence-electron chi connectivity index (χ2n) is 5.85. The van der Waals surface area contributed by atoms with E-state index in [1.54, 1.807) is 13.3 Å². The number of ether oxygens (including phenoxy) is 3. The van der Waals surface area contributed by atoms with Crippen LogP contribution < -0.4 is 14.8 Å². The molecule has 0 amide bonds. The van der Waals surface area contributed by atoms with Crippen molar-refractivity contribution in [2.75, 3.05) is 46.1 Å². The van der Waals surface area contributed by atoms with Crippen molar-refractivity contribution >= 4 is 28.5 Å². The lowest BCUT2D eigenvalue weighted by molar-refractivity contribution is 0.210. The molecule has 154 valence electrons. The molecule has 1 aromatic carbocycles. The third-order valence-electron chi connectivity index (χ3n) is 4.15. The van der Waals surface area contributed by atoms with Gasteiger partial charge in [0.25, 0.3) is 0 Å². The van der Waals surface area contributed by atoms with Crippen LogP contribution in [0.5, 0.6) is 11.5 Å². The highest BCUT2D eigenvalue weighted by atomic mass is 32.2. The minimum atomic E-state index is -0.873. The van der Waals surface area contributed by atoms with Gasteiger partial charge in [0.15, 0.2) is 34.1 Å². The van der Waals surface area contributed by atoms with E-state index >= 15 is 0 Å². The van der Waals surface area contributed by atoms with Crippen LogP contribution in [0.15, 0.2) is 23.5 Å². The second-order valence-corrected chi connectivity index (χ2v) is 6.63. The predicted molar refractivity (Wildman–Crippen MR) is 108 cm³/mol. The molecular weight excluding hydrogens is 402 g/mol. The van der Waals surface area contributed by atoms with Crippen LogP contribution >= 0.6 is 11.8 Å². The van der Waals surface area contributed by atoms with Crippen LogP contribution in [0.25, 0.3) is 22.2 Å². The molecule has 0 saturated heterocycles. The van der Waals surface area contributed by atoms with Crippen LogP contribution in [0.3, 0.4) is 0 Å². The van der Waals surface area contributed by atoms with E-state index in [9.17, 15) is 8.78 Å². The van der Waals surface area contributed by atoms with Crippen molar-refractivity contribution in [3.63, 3.8) is 0 Å². The maximum absolute atomic E-state index is 15.0. The SMILES string of the molecule is COCCNc1nc(-c2c(F)c(OC)cc(OC)c2F)cc2cnc(SC)nc12. The van der Waals surface area contributed by atoms with Crippen LogP contribution in [0.4, 0.5) is 14.6 Å². The fourth-order valence-electron chi connectivity index (χ4n) is 2.75. The standard InChI is InChI=1S/C19H20F2N4O3S/c1-26-6-5-22-18-17-10(9-23-19(25-17)29-4)7-11(24-18)14-15(20)12(27-2)8-13(28-3)16(14)21/h7-9H,5-6H2,1-4H3,(H,22,24). The number of anilines is 1. The van der Waals surface area contributed by atoms with Crippen LogP contribution in [0.1, 0.15) is 0 Å². The van der Waals surface area contributed by atoms with E-state index in [0.29, 0.717) is 35.0 Å². The Labute approximate surface area is 170 Å². The third kappa shape index (κ3) is 4.18. The monoisotopic (exact) mass is 422 g/mol. The number of rotatable bonds is 8. The van der Waals surface area contributed by atoms with E-state index in [2.05, 4.69) is 20.3 Å². The lowest BCUT2D eigenvalue weighted by Crippen LogP contribution is -2.11. The molecule has 0 saturated carbocycles. The Morgan fingerprint density at radius 3 is 2.31 bits per heavy atom. The number of methoxy groups -OCH3 is 3. The van der Waals surface area contributed by atoms with Crippen molar-refractivity contribution in [1.82, 2.24) is 15.0 Å². The van der Waals surface area contributed by atoms with Crippen molar-refractivity contribution in [3.05, 3.63) is 30.0 Å². The summed E-state index contributed by atoms with van der Waals surface area (Å²) in [6.07, 6.45) is 3.45. The Morgan fingerprint density at radius 2 is 1.72 bits per heavy atom. The fourth-order valence-corrected chi connectivity index (χ4v) is 3.10. The summed E-state index contributed by atoms with van der Waals surface area (Å²) in [6.45, 7) is 0.858. The third-order valence-corrected chi connectivity index (χ3v) is 4.72. The minimum absolute atomic E-state index is 0.0603. The van der Waals surface area contributed by atoms with Gasteiger partial charge in [-0.15, -0.1) is 0 Å². The minimum Gasteiger partial charge on any atom is -0.494 e. The van der Waals surface area contributed by atoms with Gasteiger partial charge in [-0.3, -0.25) is 0 Å². The Kier molecular flexibility index (Phi) is 6.65. The molecule has 0 fully saturated rings. The number of hydrogen-bond donors (Lipinski definition) is 1. The molecule has 0 bridgehead atoms. The number of aromatic nitrogens is 3. The summed E-state index contributed by atoms with van der Waals surface area (Å²) in [5.74, 6) is -1.68. The number of pyridine rings is 1. The number of thioether (sulfide) groups is 1. The fraction of sp³-hybridized carbons (Fsp3) is 0.316. The second kappa shape index (κ2) is 9.19. The molecule has 0 unspecified atom stereocenters. The van der Waals surface area contributed by atoms with Crippen molar-refractivity contribution in [2.45, 2.75) is 5.16 Å². The number of benzene rings is 1. The first kappa shape index (κ1) is 21.0. The summed E-state index contributed by atoms with van der Waals surface area (Å²) >= 11 is 1.38. The van der Waals surface area contributed by atoms with E-state index in [-0.39, 0.29) is 22.8 Å². The normalized spacial score (nSPS) is 11.0. The smallest absolute Gasteiger partial charge is 0.187 e. The first-order valence-electron chi connectivity index (χ1n) is 8.59. The maximum Gasteiger partial charge on any atom is 0.187 e. The number of nitrogens with one attached hydrogen (secondary N) is 1. The van der Waals surface area contributed by atoms with E-state index in [1.165, 1.54) is 32.0 Å². The van der Waals surface area contributed by atoms with Crippen molar-refractivity contribution in [3.8, 4) is 22.8 Å². The lowest BCUT2D eigenvalue weighted by atomic mass is 10.1. The number of nitrogens with zero attached hydrogens (tertiary/aromatic N) is 3. The zero-order valence-corrected chi connectivity index (χ0v) is 17.2. The number of fused-ring (bicyclic) bond motifs is 1. The van der Waals surface area contributed by atoms with E-state index in [1.807, 2.05) is 6.26 Å². The van der Waals surface area contributed by atoms with Gasteiger partial charge in [0, 0.05) is 31.3 Å². The lowest BCUT2D eigenvalue weighted by Gasteiger charge is -2.15. The molecule has 29 heavy (non-hydrogen) atoms. The quantitative estimate of drug-likeness (QED) is 0.334. The molecule has 10 heteroatoms. The molecule has 0 aliphatic heterocycles. The molecule has 7 nitrogen and oxygen atoms in total. The average Bonchev–Trinajstić information content (AvgIpc) is 2.74. The van der Waals surface area contributed by atoms with Crippen LogP contribution in [-0.4, -0.2) is 55.7 Å². The molecular formula is C19H20F2N4O3S. The van der Waals surface area contributed by atoms with Gasteiger partial charge in [-0.2, -0.15) is 0 Å². The van der Waals surface area contributed by atoms with Crippen molar-refractivity contribution in [1.29, 1.82) is 0 Å². The number of hydrogen-bond acceptors (Lipinski definition) is 8. The average molecular weight is 422 g/mol. The van der Waals surface area contributed by atoms with Gasteiger partial charge in [0.05, 0.1) is 32.1 Å². The van der Waals surface area contributed by atoms with Gasteiger partial charge in [0.1, 0.15) is 5.52 Å². The molecule has 3 rings (SSSR count). The van der Waals surface area contributed by atoms with Gasteiger partial charge in [-0.05, 0) is 12.3 Å². The molecule has 0 aliphatic carbocycles. The molecule has 0 spiro atoms. The number of halogens is 2. The van der Waals surface area contributed by atoms with Gasteiger partial charge in [-0.1, -0.05) is 11.8 Å². The molecule has 0 atom stereocenters. The highest BCUT2D eigenvalue weighted by Gasteiger charge is 2.24. The first-order chi connectivity index (χ1) is 14.0. The van der Waals surface area contributed by atoms with Crippen LogP contribution in [-0.2, 0) is 4.74 Å². The van der Waals surface area contributed by atoms with E-state index < -0.39 is 11.6 Å². The zero-order chi connectivity index (χ0) is 21.0. The molecule has 1 N–H and O–H groups in total. The largest absolute Gasteiger partial charge is 0.494 e. The highest BCUT2D eigenvalue weighted by molar-refractivity contribution is 7.98. The molecule has 0 radical (unpaired) electrons. The van der Waals surface area contributed by atoms with Crippen LogP contribution in [0, 0.1) is 11.6 Å². The van der Waals surface area contributed by atoms with E-state index in [4.69, 9.17) is 14.2 Å². The summed E-state index contributed by atoms with van der Waals surface area (Å²) in [5, 5.41) is 4.24. The Hall–Kier alpha value is -2.72. The maximum atomic E-state index is 15.0. The van der Waals surface area contributed by atoms with Gasteiger partial charge >= 0.3 is 0 Å². The highest BCUT2D eigenvalue weighted by Crippen LogP contribution is 2.38. The summed E-state index contributed by atoms with van der Waals surface area (Å²) in [7, 11) is 4.16. The van der Waals surface area contributed by atoms with Crippen molar-refractivity contribution in [2.24, 2.45) is 0 Å². The molecule has 2 heterocycles. The van der Waals surface area contributed by atoms with E-state index in [0.717, 1.165) is 6.07 Å². The zero-order valence-electron chi connectivity index (χ0n) is 16.4. The molecule has 2 aromatic heterocycles. The summed E-state index contributed by atoms with van der Waals surface area (Å²) in [4.78, 5) is 13.1. The summed E-state index contributed by atoms with van der Waals surface area (Å²) in [5.41, 5.74) is 0.247. The topological polar surface area (TPSA) is 78.4 Å². The Bertz CT molecular complexity index is 1010. The van der Waals surface area contributed by atoms with Crippen LogP contribution in [0.2, 0.25) is 0 Å². The van der Waals surface area contributed by atoms with Gasteiger partial charge in [-0.25, -0.2) is 23.7 Å². The summed E-state index contributed by atoms with van der Waals surface area (Å²) in [6, 6.07) is 2.68. The van der Waals surface area contributed by atoms with Gasteiger partial charge < -0.3 is 19.5 Å². The summed E-state index contributed by atoms with van der Waals surface area (Å²) < 4.78 is 45.0. The predicted octanol–water partition coefficient (Wildman–Crippen LogP) is 3.77. The Balaban J connectivity index is 2.25.